The number of nitrogens with zero attached hydrogens (tertiary/aromatic N) is 5. The average Bonchev–Trinajstić information content (AvgIpc) is 2.62. The van der Waals surface area contributed by atoms with Crippen LogP contribution in [0.4, 0.5) is 5.95 Å². The van der Waals surface area contributed by atoms with E-state index < -0.39 is 0 Å². The molecule has 1 aliphatic rings. The standard InChI is InChI=1S/C16H18Cl2N6/c17-13-3-2-12(14(18)10-13)11-22-15(19)23-6-8-24(9-7-23)16-20-4-1-5-21-16/h1-5,10H,6-9,11H2,(H2,19,22). The fourth-order valence-corrected chi connectivity index (χ4v) is 2.97. The van der Waals surface area contributed by atoms with Gasteiger partial charge in [-0.3, -0.25) is 0 Å². The second-order valence-corrected chi connectivity index (χ2v) is 6.28. The minimum absolute atomic E-state index is 0.434. The predicted molar refractivity (Wildman–Crippen MR) is 97.6 cm³/mol. The topological polar surface area (TPSA) is 70.6 Å². The van der Waals surface area contributed by atoms with Gasteiger partial charge < -0.3 is 15.5 Å². The van der Waals surface area contributed by atoms with Gasteiger partial charge in [-0.2, -0.15) is 0 Å². The van der Waals surface area contributed by atoms with Crippen LogP contribution in [0.1, 0.15) is 5.56 Å². The lowest BCUT2D eigenvalue weighted by atomic mass is 10.2. The minimum atomic E-state index is 0.434. The maximum atomic E-state index is 6.16. The van der Waals surface area contributed by atoms with E-state index in [1.807, 2.05) is 12.1 Å². The van der Waals surface area contributed by atoms with Gasteiger partial charge in [0.15, 0.2) is 5.96 Å². The largest absolute Gasteiger partial charge is 0.370 e. The summed E-state index contributed by atoms with van der Waals surface area (Å²) in [5.74, 6) is 1.27. The molecule has 0 atom stereocenters. The van der Waals surface area contributed by atoms with E-state index in [1.165, 1.54) is 0 Å². The number of anilines is 1. The molecule has 2 heterocycles. The Hall–Kier alpha value is -2.05. The summed E-state index contributed by atoms with van der Waals surface area (Å²) in [5.41, 5.74) is 7.02. The maximum Gasteiger partial charge on any atom is 0.225 e. The molecule has 1 aromatic carbocycles. The zero-order valence-electron chi connectivity index (χ0n) is 13.1. The van der Waals surface area contributed by atoms with E-state index in [4.69, 9.17) is 28.9 Å². The summed E-state index contributed by atoms with van der Waals surface area (Å²) in [4.78, 5) is 17.2. The number of aromatic nitrogens is 2. The smallest absolute Gasteiger partial charge is 0.225 e. The lowest BCUT2D eigenvalue weighted by Gasteiger charge is -2.35. The van der Waals surface area contributed by atoms with Gasteiger partial charge in [-0.05, 0) is 23.8 Å². The fourth-order valence-electron chi connectivity index (χ4n) is 2.51. The number of guanidine groups is 1. The van der Waals surface area contributed by atoms with Gasteiger partial charge in [0.05, 0.1) is 6.54 Å². The molecule has 0 unspecified atom stereocenters. The number of benzene rings is 1. The van der Waals surface area contributed by atoms with Crippen molar-refractivity contribution in [3.63, 3.8) is 0 Å². The van der Waals surface area contributed by atoms with Gasteiger partial charge in [-0.15, -0.1) is 0 Å². The van der Waals surface area contributed by atoms with Crippen LogP contribution in [0.3, 0.4) is 0 Å². The molecule has 6 nitrogen and oxygen atoms in total. The van der Waals surface area contributed by atoms with Gasteiger partial charge in [0, 0.05) is 48.6 Å². The lowest BCUT2D eigenvalue weighted by Crippen LogP contribution is -2.51. The Bertz CT molecular complexity index is 714. The number of hydrogen-bond acceptors (Lipinski definition) is 4. The van der Waals surface area contributed by atoms with Crippen molar-refractivity contribution in [3.8, 4) is 0 Å². The highest BCUT2D eigenvalue weighted by Gasteiger charge is 2.19. The van der Waals surface area contributed by atoms with Gasteiger partial charge >= 0.3 is 0 Å². The number of rotatable bonds is 3. The molecule has 126 valence electrons. The van der Waals surface area contributed by atoms with Crippen LogP contribution in [-0.4, -0.2) is 47.0 Å². The molecule has 8 heteroatoms. The van der Waals surface area contributed by atoms with Gasteiger partial charge in [0.25, 0.3) is 0 Å². The first-order valence-corrected chi connectivity index (χ1v) is 8.40. The summed E-state index contributed by atoms with van der Waals surface area (Å²) >= 11 is 12.1. The minimum Gasteiger partial charge on any atom is -0.370 e. The van der Waals surface area contributed by atoms with E-state index in [0.29, 0.717) is 22.5 Å². The molecule has 24 heavy (non-hydrogen) atoms. The Kier molecular flexibility index (Phi) is 5.37. The number of nitrogens with two attached hydrogens (primary N) is 1. The first-order chi connectivity index (χ1) is 11.6. The van der Waals surface area contributed by atoms with Crippen molar-refractivity contribution < 1.29 is 0 Å². The number of hydrogen-bond donors (Lipinski definition) is 1. The molecular weight excluding hydrogens is 347 g/mol. The van der Waals surface area contributed by atoms with Crippen molar-refractivity contribution >= 4 is 35.1 Å². The SMILES string of the molecule is NC(=NCc1ccc(Cl)cc1Cl)N1CCN(c2ncccn2)CC1. The summed E-state index contributed by atoms with van der Waals surface area (Å²) in [6.45, 7) is 3.61. The number of aliphatic imine (C=N–C) groups is 1. The van der Waals surface area contributed by atoms with Gasteiger partial charge in [0.1, 0.15) is 0 Å². The average molecular weight is 365 g/mol. The molecule has 1 fully saturated rings. The molecule has 0 spiro atoms. The first-order valence-electron chi connectivity index (χ1n) is 7.64. The molecule has 0 radical (unpaired) electrons. The fraction of sp³-hybridized carbons (Fsp3) is 0.312. The third kappa shape index (κ3) is 4.07. The van der Waals surface area contributed by atoms with Crippen LogP contribution >= 0.6 is 23.2 Å². The quantitative estimate of drug-likeness (QED) is 0.668. The number of halogens is 2. The summed E-state index contributed by atoms with van der Waals surface area (Å²) in [5, 5.41) is 1.21. The van der Waals surface area contributed by atoms with Crippen molar-refractivity contribution in [1.82, 2.24) is 14.9 Å². The Morgan fingerprint density at radius 1 is 1.12 bits per heavy atom. The highest BCUT2D eigenvalue weighted by molar-refractivity contribution is 6.35. The van der Waals surface area contributed by atoms with Crippen molar-refractivity contribution in [3.05, 3.63) is 52.3 Å². The van der Waals surface area contributed by atoms with Crippen molar-refractivity contribution in [2.24, 2.45) is 10.7 Å². The van der Waals surface area contributed by atoms with Crippen LogP contribution in [0.15, 0.2) is 41.7 Å². The van der Waals surface area contributed by atoms with Gasteiger partial charge in [0.2, 0.25) is 5.95 Å². The van der Waals surface area contributed by atoms with E-state index in [9.17, 15) is 0 Å². The Morgan fingerprint density at radius 2 is 1.83 bits per heavy atom. The zero-order chi connectivity index (χ0) is 16.9. The Balaban J connectivity index is 1.57. The van der Waals surface area contributed by atoms with E-state index in [1.54, 1.807) is 24.5 Å². The number of piperazine rings is 1. The van der Waals surface area contributed by atoms with Crippen molar-refractivity contribution in [1.29, 1.82) is 0 Å². The van der Waals surface area contributed by atoms with Crippen LogP contribution in [0, 0.1) is 0 Å². The molecular formula is C16H18Cl2N6. The first kappa shape index (κ1) is 16.8. The van der Waals surface area contributed by atoms with E-state index in [0.717, 1.165) is 37.7 Å². The molecule has 1 aromatic heterocycles. The third-order valence-electron chi connectivity index (χ3n) is 3.87. The molecule has 1 saturated heterocycles. The molecule has 1 aliphatic heterocycles. The molecule has 2 N–H and O–H groups in total. The van der Waals surface area contributed by atoms with E-state index >= 15 is 0 Å². The molecule has 0 amide bonds. The summed E-state index contributed by atoms with van der Waals surface area (Å²) in [6, 6.07) is 7.19. The van der Waals surface area contributed by atoms with Crippen molar-refractivity contribution in [2.75, 3.05) is 31.1 Å². The third-order valence-corrected chi connectivity index (χ3v) is 4.45. The van der Waals surface area contributed by atoms with Gasteiger partial charge in [-0.25, -0.2) is 15.0 Å². The highest BCUT2D eigenvalue weighted by atomic mass is 35.5. The van der Waals surface area contributed by atoms with Crippen LogP contribution in [0.2, 0.25) is 10.0 Å². The van der Waals surface area contributed by atoms with Crippen molar-refractivity contribution in [2.45, 2.75) is 6.54 Å². The Morgan fingerprint density at radius 3 is 2.50 bits per heavy atom. The zero-order valence-corrected chi connectivity index (χ0v) is 14.6. The summed E-state index contributed by atoms with van der Waals surface area (Å²) in [6.07, 6.45) is 3.50. The normalized spacial score (nSPS) is 15.7. The molecule has 0 aliphatic carbocycles. The molecule has 0 saturated carbocycles. The molecule has 2 aromatic rings. The lowest BCUT2D eigenvalue weighted by molar-refractivity contribution is 0.378. The van der Waals surface area contributed by atoms with Gasteiger partial charge in [-0.1, -0.05) is 29.3 Å². The van der Waals surface area contributed by atoms with Crippen LogP contribution in [-0.2, 0) is 6.54 Å². The van der Waals surface area contributed by atoms with E-state index in [-0.39, 0.29) is 0 Å². The predicted octanol–water partition coefficient (Wildman–Crippen LogP) is 2.42. The van der Waals surface area contributed by atoms with Crippen LogP contribution in [0.5, 0.6) is 0 Å². The molecule has 0 bridgehead atoms. The Labute approximate surface area is 150 Å². The van der Waals surface area contributed by atoms with Crippen LogP contribution < -0.4 is 10.6 Å². The second kappa shape index (κ2) is 7.68. The summed E-state index contributed by atoms with van der Waals surface area (Å²) in [7, 11) is 0. The van der Waals surface area contributed by atoms with Crippen LogP contribution in [0.25, 0.3) is 0 Å². The van der Waals surface area contributed by atoms with E-state index in [2.05, 4.69) is 24.8 Å². The monoisotopic (exact) mass is 364 g/mol. The summed E-state index contributed by atoms with van der Waals surface area (Å²) < 4.78 is 0. The highest BCUT2D eigenvalue weighted by Crippen LogP contribution is 2.21. The maximum absolute atomic E-state index is 6.16. The molecule has 3 rings (SSSR count). The second-order valence-electron chi connectivity index (χ2n) is 5.43.